The molecule has 0 saturated carbocycles. The number of primary amides is 1. The van der Waals surface area contributed by atoms with Crippen LogP contribution in [0.3, 0.4) is 0 Å². The number of rotatable bonds is 5. The minimum absolute atomic E-state index is 0.0971. The third-order valence-corrected chi connectivity index (χ3v) is 2.16. The van der Waals surface area contributed by atoms with Gasteiger partial charge in [0.2, 0.25) is 0 Å². The Morgan fingerprint density at radius 2 is 1.94 bits per heavy atom. The molecule has 4 heteroatoms. The lowest BCUT2D eigenvalue weighted by atomic mass is 10.1. The predicted molar refractivity (Wildman–Crippen MR) is 69.9 cm³/mol. The minimum atomic E-state index is -0.733. The maximum atomic E-state index is 10.4. The Balaban J connectivity index is 0.00000121. The maximum absolute atomic E-state index is 10.4. The van der Waals surface area contributed by atoms with E-state index in [-0.39, 0.29) is 6.04 Å². The maximum Gasteiger partial charge on any atom is 0.404 e. The van der Waals surface area contributed by atoms with Gasteiger partial charge in [0.25, 0.3) is 0 Å². The topological polar surface area (TPSA) is 64.3 Å². The summed E-state index contributed by atoms with van der Waals surface area (Å²) in [5.41, 5.74) is 6.10. The average molecular weight is 238 g/mol. The van der Waals surface area contributed by atoms with Crippen molar-refractivity contribution in [3.8, 4) is 0 Å². The highest BCUT2D eigenvalue weighted by Crippen LogP contribution is 2.03. The molecule has 1 unspecified atom stereocenters. The molecule has 96 valence electrons. The van der Waals surface area contributed by atoms with E-state index in [1.807, 2.05) is 51.2 Å². The number of hydrogen-bond donors (Lipinski definition) is 2. The van der Waals surface area contributed by atoms with Gasteiger partial charge in [-0.25, -0.2) is 4.79 Å². The number of amides is 1. The molecule has 1 amide bonds. The van der Waals surface area contributed by atoms with Crippen molar-refractivity contribution in [3.63, 3.8) is 0 Å². The van der Waals surface area contributed by atoms with Crippen LogP contribution in [0.15, 0.2) is 30.3 Å². The molecule has 0 fully saturated rings. The molecule has 3 N–H and O–H groups in total. The number of carbonyl (C=O) groups excluding carboxylic acids is 1. The normalized spacial score (nSPS) is 11.0. The first-order valence-corrected chi connectivity index (χ1v) is 5.86. The predicted octanol–water partition coefficient (Wildman–Crippen LogP) is 1.94. The van der Waals surface area contributed by atoms with Crippen molar-refractivity contribution in [1.29, 1.82) is 0 Å². The van der Waals surface area contributed by atoms with E-state index in [9.17, 15) is 4.79 Å². The smallest absolute Gasteiger partial charge is 0.404 e. The van der Waals surface area contributed by atoms with Gasteiger partial charge in [0, 0.05) is 6.04 Å². The van der Waals surface area contributed by atoms with Crippen LogP contribution in [0.2, 0.25) is 0 Å². The number of benzene rings is 1. The van der Waals surface area contributed by atoms with Crippen molar-refractivity contribution < 1.29 is 9.53 Å². The Hall–Kier alpha value is -1.55. The molecule has 0 aromatic heterocycles. The number of nitrogens with one attached hydrogen (secondary N) is 1. The fourth-order valence-electron chi connectivity index (χ4n) is 1.33. The van der Waals surface area contributed by atoms with E-state index >= 15 is 0 Å². The summed E-state index contributed by atoms with van der Waals surface area (Å²) in [6.07, 6.45) is 0.0771. The Labute approximate surface area is 103 Å². The molecule has 1 rings (SSSR count). The van der Waals surface area contributed by atoms with Crippen molar-refractivity contribution in [2.45, 2.75) is 26.3 Å². The van der Waals surface area contributed by atoms with E-state index in [0.29, 0.717) is 6.61 Å². The molecule has 0 spiro atoms. The number of hydrogen-bond acceptors (Lipinski definition) is 3. The SMILES string of the molecule is CC.CNC(COC(N)=O)Cc1ccccc1. The lowest BCUT2D eigenvalue weighted by Crippen LogP contribution is -2.34. The fourth-order valence-corrected chi connectivity index (χ4v) is 1.33. The monoisotopic (exact) mass is 238 g/mol. The Morgan fingerprint density at radius 3 is 2.41 bits per heavy atom. The second-order valence-corrected chi connectivity index (χ2v) is 3.31. The summed E-state index contributed by atoms with van der Waals surface area (Å²) in [6, 6.07) is 10.1. The molecule has 1 aromatic rings. The van der Waals surface area contributed by atoms with Gasteiger partial charge in [0.1, 0.15) is 6.61 Å². The summed E-state index contributed by atoms with van der Waals surface area (Å²) >= 11 is 0. The van der Waals surface area contributed by atoms with E-state index in [1.165, 1.54) is 5.56 Å². The van der Waals surface area contributed by atoms with Gasteiger partial charge in [-0.1, -0.05) is 44.2 Å². The molecule has 0 aliphatic heterocycles. The van der Waals surface area contributed by atoms with Crippen LogP contribution in [-0.4, -0.2) is 25.8 Å². The van der Waals surface area contributed by atoms with Gasteiger partial charge in [0.15, 0.2) is 0 Å². The third-order valence-electron chi connectivity index (χ3n) is 2.16. The van der Waals surface area contributed by atoms with Crippen LogP contribution in [-0.2, 0) is 11.2 Å². The Morgan fingerprint density at radius 1 is 1.35 bits per heavy atom. The van der Waals surface area contributed by atoms with Gasteiger partial charge in [-0.15, -0.1) is 0 Å². The minimum Gasteiger partial charge on any atom is -0.448 e. The molecule has 1 atom stereocenters. The number of nitrogens with two attached hydrogens (primary N) is 1. The largest absolute Gasteiger partial charge is 0.448 e. The molecular formula is C13H22N2O2. The third kappa shape index (κ3) is 7.36. The van der Waals surface area contributed by atoms with Crippen LogP contribution < -0.4 is 11.1 Å². The quantitative estimate of drug-likeness (QED) is 0.824. The number of carbonyl (C=O) groups is 1. The second kappa shape index (κ2) is 9.66. The summed E-state index contributed by atoms with van der Waals surface area (Å²) in [7, 11) is 1.83. The molecular weight excluding hydrogens is 216 g/mol. The first-order chi connectivity index (χ1) is 8.22. The molecule has 0 bridgehead atoms. The van der Waals surface area contributed by atoms with E-state index in [2.05, 4.69) is 5.32 Å². The highest BCUT2D eigenvalue weighted by Gasteiger charge is 2.08. The van der Waals surface area contributed by atoms with E-state index in [1.54, 1.807) is 0 Å². The molecule has 0 aliphatic rings. The van der Waals surface area contributed by atoms with Crippen molar-refractivity contribution in [2.75, 3.05) is 13.7 Å². The van der Waals surface area contributed by atoms with E-state index in [0.717, 1.165) is 6.42 Å². The zero-order valence-corrected chi connectivity index (χ0v) is 10.8. The first-order valence-electron chi connectivity index (χ1n) is 5.86. The molecule has 0 radical (unpaired) electrons. The lowest BCUT2D eigenvalue weighted by molar-refractivity contribution is 0.144. The van der Waals surface area contributed by atoms with Gasteiger partial charge in [-0.05, 0) is 19.0 Å². The van der Waals surface area contributed by atoms with E-state index < -0.39 is 6.09 Å². The van der Waals surface area contributed by atoms with E-state index in [4.69, 9.17) is 10.5 Å². The Kier molecular flexibility index (Phi) is 8.78. The first kappa shape index (κ1) is 15.4. The fraction of sp³-hybridized carbons (Fsp3) is 0.462. The number of ether oxygens (including phenoxy) is 1. The van der Waals surface area contributed by atoms with Crippen LogP contribution >= 0.6 is 0 Å². The van der Waals surface area contributed by atoms with Crippen molar-refractivity contribution in [1.82, 2.24) is 5.32 Å². The van der Waals surface area contributed by atoms with Crippen LogP contribution in [0.5, 0.6) is 0 Å². The summed E-state index contributed by atoms with van der Waals surface area (Å²) in [5, 5.41) is 3.07. The lowest BCUT2D eigenvalue weighted by Gasteiger charge is -2.15. The zero-order chi connectivity index (χ0) is 13.1. The van der Waals surface area contributed by atoms with Crippen LogP contribution in [0.25, 0.3) is 0 Å². The van der Waals surface area contributed by atoms with Crippen molar-refractivity contribution in [2.24, 2.45) is 5.73 Å². The molecule has 17 heavy (non-hydrogen) atoms. The van der Waals surface area contributed by atoms with Gasteiger partial charge in [0.05, 0.1) is 0 Å². The van der Waals surface area contributed by atoms with Gasteiger partial charge < -0.3 is 15.8 Å². The summed E-state index contributed by atoms with van der Waals surface area (Å²) in [5.74, 6) is 0. The van der Waals surface area contributed by atoms with Crippen LogP contribution in [0.4, 0.5) is 4.79 Å². The van der Waals surface area contributed by atoms with Gasteiger partial charge in [-0.3, -0.25) is 0 Å². The van der Waals surface area contributed by atoms with Crippen LogP contribution in [0, 0.1) is 0 Å². The summed E-state index contributed by atoms with van der Waals surface area (Å²) < 4.78 is 4.74. The molecule has 0 saturated heterocycles. The standard InChI is InChI=1S/C11H16N2O2.C2H6/c1-13-10(8-15-11(12)14)7-9-5-3-2-4-6-9;1-2/h2-6,10,13H,7-8H2,1H3,(H2,12,14);1-2H3. The van der Waals surface area contributed by atoms with Crippen molar-refractivity contribution >= 4 is 6.09 Å². The summed E-state index contributed by atoms with van der Waals surface area (Å²) in [4.78, 5) is 10.4. The molecule has 0 aliphatic carbocycles. The van der Waals surface area contributed by atoms with Crippen LogP contribution in [0.1, 0.15) is 19.4 Å². The van der Waals surface area contributed by atoms with Gasteiger partial charge in [-0.2, -0.15) is 0 Å². The second-order valence-electron chi connectivity index (χ2n) is 3.31. The molecule has 4 nitrogen and oxygen atoms in total. The molecule has 1 aromatic carbocycles. The summed E-state index contributed by atoms with van der Waals surface area (Å²) in [6.45, 7) is 4.29. The van der Waals surface area contributed by atoms with Crippen molar-refractivity contribution in [3.05, 3.63) is 35.9 Å². The highest BCUT2D eigenvalue weighted by molar-refractivity contribution is 5.64. The number of likely N-dealkylation sites (N-methyl/N-ethyl adjacent to an activating group) is 1. The highest BCUT2D eigenvalue weighted by atomic mass is 16.5. The average Bonchev–Trinajstić information content (AvgIpc) is 2.38. The Bertz CT molecular complexity index is 302. The van der Waals surface area contributed by atoms with Gasteiger partial charge >= 0.3 is 6.09 Å². The molecule has 0 heterocycles. The zero-order valence-electron chi connectivity index (χ0n) is 10.8.